The number of hydrogen-bond donors (Lipinski definition) is 1. The van der Waals surface area contributed by atoms with Crippen molar-refractivity contribution < 1.29 is 29.1 Å². The standard InChI is InChI=1S/C22H22N2O7/c1-30-12-4-11-23-19(15-5-3-6-16(13-15)24(28)29)18(21(26)22(23)27)20(25)14-7-9-17(31-2)10-8-14/h3,5-10,13,19,25H,4,11-12H2,1-2H3/t19-/m0/s1. The summed E-state index contributed by atoms with van der Waals surface area (Å²) in [4.78, 5) is 37.7. The van der Waals surface area contributed by atoms with Crippen LogP contribution in [-0.4, -0.2) is 54.0 Å². The first-order chi connectivity index (χ1) is 14.9. The number of amides is 1. The molecule has 31 heavy (non-hydrogen) atoms. The lowest BCUT2D eigenvalue weighted by Crippen LogP contribution is -2.31. The number of nitro benzene ring substituents is 1. The van der Waals surface area contributed by atoms with Gasteiger partial charge >= 0.3 is 0 Å². The van der Waals surface area contributed by atoms with E-state index in [2.05, 4.69) is 0 Å². The maximum absolute atomic E-state index is 12.9. The number of non-ortho nitro benzene ring substituents is 1. The third kappa shape index (κ3) is 4.41. The van der Waals surface area contributed by atoms with Crippen molar-refractivity contribution in [3.63, 3.8) is 0 Å². The molecule has 0 spiro atoms. The van der Waals surface area contributed by atoms with E-state index in [9.17, 15) is 24.8 Å². The van der Waals surface area contributed by atoms with Crippen LogP contribution < -0.4 is 4.74 Å². The van der Waals surface area contributed by atoms with Crippen LogP contribution >= 0.6 is 0 Å². The molecule has 2 aromatic rings. The Morgan fingerprint density at radius 3 is 2.48 bits per heavy atom. The van der Waals surface area contributed by atoms with Crippen molar-refractivity contribution in [3.05, 3.63) is 75.3 Å². The van der Waals surface area contributed by atoms with Crippen LogP contribution in [0.3, 0.4) is 0 Å². The van der Waals surface area contributed by atoms with Gasteiger partial charge in [-0.1, -0.05) is 12.1 Å². The molecule has 1 aliphatic rings. The molecule has 0 bridgehead atoms. The van der Waals surface area contributed by atoms with Gasteiger partial charge in [-0.3, -0.25) is 19.7 Å². The molecular weight excluding hydrogens is 404 g/mol. The van der Waals surface area contributed by atoms with Gasteiger partial charge in [-0.25, -0.2) is 0 Å². The lowest BCUT2D eigenvalue weighted by Gasteiger charge is -2.25. The molecule has 9 heteroatoms. The Morgan fingerprint density at radius 1 is 1.16 bits per heavy atom. The minimum atomic E-state index is -0.959. The number of nitrogens with zero attached hydrogens (tertiary/aromatic N) is 2. The minimum Gasteiger partial charge on any atom is -0.507 e. The van der Waals surface area contributed by atoms with E-state index in [1.807, 2.05) is 0 Å². The Bertz CT molecular complexity index is 1030. The molecule has 0 saturated carbocycles. The van der Waals surface area contributed by atoms with Gasteiger partial charge < -0.3 is 19.5 Å². The van der Waals surface area contributed by atoms with Gasteiger partial charge in [-0.2, -0.15) is 0 Å². The number of Topliss-reactive ketones (excluding diaryl/α,β-unsaturated/α-hetero) is 1. The van der Waals surface area contributed by atoms with E-state index in [-0.39, 0.29) is 23.6 Å². The second-order valence-electron chi connectivity index (χ2n) is 6.92. The van der Waals surface area contributed by atoms with Gasteiger partial charge in [-0.15, -0.1) is 0 Å². The largest absolute Gasteiger partial charge is 0.507 e. The summed E-state index contributed by atoms with van der Waals surface area (Å²) in [5.74, 6) is -1.41. The van der Waals surface area contributed by atoms with Crippen molar-refractivity contribution in [2.45, 2.75) is 12.5 Å². The molecule has 162 valence electrons. The molecule has 1 aliphatic heterocycles. The summed E-state index contributed by atoms with van der Waals surface area (Å²) in [5, 5.41) is 22.2. The summed E-state index contributed by atoms with van der Waals surface area (Å²) < 4.78 is 10.1. The number of aliphatic hydroxyl groups is 1. The molecule has 1 fully saturated rings. The summed E-state index contributed by atoms with van der Waals surface area (Å²) >= 11 is 0. The third-order valence-corrected chi connectivity index (χ3v) is 5.05. The first kappa shape index (κ1) is 22.0. The van der Waals surface area contributed by atoms with Crippen molar-refractivity contribution >= 4 is 23.1 Å². The molecule has 0 aliphatic carbocycles. The predicted molar refractivity (Wildman–Crippen MR) is 112 cm³/mol. The molecule has 3 rings (SSSR count). The summed E-state index contributed by atoms with van der Waals surface area (Å²) in [6.45, 7) is 0.550. The maximum Gasteiger partial charge on any atom is 0.295 e. The van der Waals surface area contributed by atoms with E-state index in [1.165, 1.54) is 37.3 Å². The highest BCUT2D eigenvalue weighted by Crippen LogP contribution is 2.40. The number of ketones is 1. The summed E-state index contributed by atoms with van der Waals surface area (Å²) in [6, 6.07) is 11.1. The Morgan fingerprint density at radius 2 is 1.87 bits per heavy atom. The first-order valence-corrected chi connectivity index (χ1v) is 9.55. The van der Waals surface area contributed by atoms with Crippen molar-refractivity contribution in [3.8, 4) is 5.75 Å². The van der Waals surface area contributed by atoms with E-state index in [0.717, 1.165) is 0 Å². The van der Waals surface area contributed by atoms with Crippen LogP contribution in [0.5, 0.6) is 5.75 Å². The van der Waals surface area contributed by atoms with Crippen molar-refractivity contribution in [1.29, 1.82) is 0 Å². The SMILES string of the molecule is COCCCN1C(=O)C(=O)C(=C(O)c2ccc(OC)cc2)[C@@H]1c1cccc([N+](=O)[O-])c1. The van der Waals surface area contributed by atoms with Crippen molar-refractivity contribution in [1.82, 2.24) is 4.90 Å². The number of carbonyl (C=O) groups is 2. The fraction of sp³-hybridized carbons (Fsp3) is 0.273. The number of hydrogen-bond acceptors (Lipinski definition) is 7. The quantitative estimate of drug-likeness (QED) is 0.172. The van der Waals surface area contributed by atoms with Gasteiger partial charge in [-0.05, 0) is 36.2 Å². The highest BCUT2D eigenvalue weighted by Gasteiger charge is 2.46. The van der Waals surface area contributed by atoms with Crippen LogP contribution in [0.1, 0.15) is 23.6 Å². The molecular formula is C22H22N2O7. The number of methoxy groups -OCH3 is 2. The van der Waals surface area contributed by atoms with Crippen molar-refractivity contribution in [2.24, 2.45) is 0 Å². The molecule has 1 atom stereocenters. The molecule has 0 aromatic heterocycles. The summed E-state index contributed by atoms with van der Waals surface area (Å²) in [6.07, 6.45) is 0.456. The molecule has 9 nitrogen and oxygen atoms in total. The van der Waals surface area contributed by atoms with Crippen LogP contribution in [0.4, 0.5) is 5.69 Å². The van der Waals surface area contributed by atoms with E-state index in [0.29, 0.717) is 29.9 Å². The summed E-state index contributed by atoms with van der Waals surface area (Å²) in [7, 11) is 3.03. The van der Waals surface area contributed by atoms with Gasteiger partial charge in [0.05, 0.1) is 23.6 Å². The minimum absolute atomic E-state index is 0.118. The normalized spacial score (nSPS) is 17.7. The van der Waals surface area contributed by atoms with Crippen LogP contribution in [0.25, 0.3) is 5.76 Å². The molecule has 1 N–H and O–H groups in total. The number of rotatable bonds is 8. The Hall–Kier alpha value is -3.72. The van der Waals surface area contributed by atoms with Gasteiger partial charge in [0.1, 0.15) is 11.5 Å². The van der Waals surface area contributed by atoms with Gasteiger partial charge in [0.15, 0.2) is 0 Å². The molecule has 0 unspecified atom stereocenters. The van der Waals surface area contributed by atoms with Crippen LogP contribution in [-0.2, 0) is 14.3 Å². The number of likely N-dealkylation sites (tertiary alicyclic amines) is 1. The van der Waals surface area contributed by atoms with Gasteiger partial charge in [0.25, 0.3) is 17.4 Å². The smallest absolute Gasteiger partial charge is 0.295 e. The van der Waals surface area contributed by atoms with E-state index >= 15 is 0 Å². The number of nitro groups is 1. The zero-order valence-electron chi connectivity index (χ0n) is 17.1. The average molecular weight is 426 g/mol. The molecule has 1 saturated heterocycles. The number of ether oxygens (including phenoxy) is 2. The topological polar surface area (TPSA) is 119 Å². The lowest BCUT2D eigenvalue weighted by atomic mass is 9.95. The fourth-order valence-electron chi connectivity index (χ4n) is 3.55. The molecule has 2 aromatic carbocycles. The fourth-order valence-corrected chi connectivity index (χ4v) is 3.55. The average Bonchev–Trinajstić information content (AvgIpc) is 3.04. The first-order valence-electron chi connectivity index (χ1n) is 9.55. The maximum atomic E-state index is 12.9. The second-order valence-corrected chi connectivity index (χ2v) is 6.92. The van der Waals surface area contributed by atoms with E-state index < -0.39 is 22.7 Å². The van der Waals surface area contributed by atoms with Gasteiger partial charge in [0.2, 0.25) is 0 Å². The number of carbonyl (C=O) groups excluding carboxylic acids is 2. The molecule has 0 radical (unpaired) electrons. The van der Waals surface area contributed by atoms with Crippen LogP contribution in [0, 0.1) is 10.1 Å². The number of aliphatic hydroxyl groups excluding tert-OH is 1. The highest BCUT2D eigenvalue weighted by molar-refractivity contribution is 6.46. The van der Waals surface area contributed by atoms with E-state index in [4.69, 9.17) is 9.47 Å². The summed E-state index contributed by atoms with van der Waals surface area (Å²) in [5.41, 5.74) is 0.393. The lowest BCUT2D eigenvalue weighted by molar-refractivity contribution is -0.384. The highest BCUT2D eigenvalue weighted by atomic mass is 16.6. The van der Waals surface area contributed by atoms with Gasteiger partial charge in [0, 0.05) is 38.0 Å². The monoisotopic (exact) mass is 426 g/mol. The second kappa shape index (κ2) is 9.40. The van der Waals surface area contributed by atoms with Crippen LogP contribution in [0.15, 0.2) is 54.1 Å². The Kier molecular flexibility index (Phi) is 6.66. The zero-order valence-corrected chi connectivity index (χ0v) is 17.1. The predicted octanol–water partition coefficient (Wildman–Crippen LogP) is 3.06. The Balaban J connectivity index is 2.14. The zero-order chi connectivity index (χ0) is 22.5. The number of benzene rings is 2. The Labute approximate surface area is 178 Å². The third-order valence-electron chi connectivity index (χ3n) is 5.05. The molecule has 1 amide bonds. The van der Waals surface area contributed by atoms with Crippen LogP contribution in [0.2, 0.25) is 0 Å². The molecule has 1 heterocycles. The van der Waals surface area contributed by atoms with E-state index in [1.54, 1.807) is 30.3 Å². The van der Waals surface area contributed by atoms with Crippen molar-refractivity contribution in [2.75, 3.05) is 27.4 Å².